The fourth-order valence-corrected chi connectivity index (χ4v) is 3.33. The molecule has 0 aliphatic rings. The summed E-state index contributed by atoms with van der Waals surface area (Å²) in [6.07, 6.45) is 1.66. The van der Waals surface area contributed by atoms with Crippen molar-refractivity contribution in [3.05, 3.63) is 29.3 Å². The first-order chi connectivity index (χ1) is 11.7. The molecule has 0 saturated heterocycles. The second-order valence-corrected chi connectivity index (χ2v) is 8.62. The predicted molar refractivity (Wildman–Crippen MR) is 104 cm³/mol. The van der Waals surface area contributed by atoms with E-state index in [0.29, 0.717) is 12.5 Å². The third-order valence-electron chi connectivity index (χ3n) is 3.89. The number of ether oxygens (including phenoxy) is 1. The normalized spacial score (nSPS) is 14.3. The molecule has 2 atom stereocenters. The molecule has 0 radical (unpaired) electrons. The Hall–Kier alpha value is -1.66. The number of hydrogen-bond acceptors (Lipinski definition) is 5. The standard InChI is InChI=1S/C19H29N3O2S/c1-13(12-22(6)18(23)24-19(3,4)5)10-20-14(2)15-9-17-16(21-11-15)7-8-25-17/h7-9,11,13-14,20H,10,12H2,1-6H3. The van der Waals surface area contributed by atoms with E-state index in [4.69, 9.17) is 4.74 Å². The lowest BCUT2D eigenvalue weighted by Gasteiger charge is -2.27. The fourth-order valence-electron chi connectivity index (χ4n) is 2.54. The van der Waals surface area contributed by atoms with E-state index in [1.807, 2.05) is 33.0 Å². The number of carbonyl (C=O) groups excluding carboxylic acids is 1. The van der Waals surface area contributed by atoms with Crippen LogP contribution in [0.2, 0.25) is 0 Å². The Morgan fingerprint density at radius 1 is 1.40 bits per heavy atom. The molecule has 25 heavy (non-hydrogen) atoms. The summed E-state index contributed by atoms with van der Waals surface area (Å²) >= 11 is 1.71. The SMILES string of the molecule is CC(CNC(C)c1cnc2ccsc2c1)CN(C)C(=O)OC(C)(C)C. The lowest BCUT2D eigenvalue weighted by molar-refractivity contribution is 0.0276. The molecule has 138 valence electrons. The maximum absolute atomic E-state index is 12.0. The summed E-state index contributed by atoms with van der Waals surface area (Å²) in [5.74, 6) is 0.318. The van der Waals surface area contributed by atoms with Gasteiger partial charge in [0.05, 0.1) is 10.2 Å². The van der Waals surface area contributed by atoms with E-state index >= 15 is 0 Å². The van der Waals surface area contributed by atoms with Crippen LogP contribution in [-0.2, 0) is 4.74 Å². The number of nitrogens with one attached hydrogen (secondary N) is 1. The van der Waals surface area contributed by atoms with Crippen LogP contribution < -0.4 is 5.32 Å². The zero-order chi connectivity index (χ0) is 18.6. The third-order valence-corrected chi connectivity index (χ3v) is 4.74. The molecular formula is C19H29N3O2S. The van der Waals surface area contributed by atoms with Gasteiger partial charge in [0.15, 0.2) is 0 Å². The van der Waals surface area contributed by atoms with Crippen molar-refractivity contribution in [1.82, 2.24) is 15.2 Å². The van der Waals surface area contributed by atoms with Crippen molar-refractivity contribution in [2.75, 3.05) is 20.1 Å². The molecule has 2 unspecified atom stereocenters. The second kappa shape index (κ2) is 8.15. The molecule has 0 aliphatic heterocycles. The quantitative estimate of drug-likeness (QED) is 0.824. The summed E-state index contributed by atoms with van der Waals surface area (Å²) in [6.45, 7) is 11.4. The minimum Gasteiger partial charge on any atom is -0.444 e. The molecule has 6 heteroatoms. The van der Waals surface area contributed by atoms with Gasteiger partial charge in [0.2, 0.25) is 0 Å². The molecule has 1 amide bonds. The summed E-state index contributed by atoms with van der Waals surface area (Å²) in [4.78, 5) is 18.2. The molecule has 2 aromatic rings. The van der Waals surface area contributed by atoms with E-state index in [2.05, 4.69) is 35.6 Å². The molecule has 0 aliphatic carbocycles. The van der Waals surface area contributed by atoms with Crippen LogP contribution in [-0.4, -0.2) is 41.7 Å². The molecule has 2 rings (SSSR count). The number of pyridine rings is 1. The first-order valence-corrected chi connectivity index (χ1v) is 9.54. The van der Waals surface area contributed by atoms with Crippen molar-refractivity contribution < 1.29 is 9.53 Å². The van der Waals surface area contributed by atoms with E-state index in [1.54, 1.807) is 23.3 Å². The van der Waals surface area contributed by atoms with Gasteiger partial charge in [-0.05, 0) is 63.2 Å². The van der Waals surface area contributed by atoms with E-state index in [9.17, 15) is 4.79 Å². The molecule has 0 bridgehead atoms. The Morgan fingerprint density at radius 3 is 2.80 bits per heavy atom. The van der Waals surface area contributed by atoms with Gasteiger partial charge in [-0.15, -0.1) is 11.3 Å². The van der Waals surface area contributed by atoms with Crippen LogP contribution in [0.15, 0.2) is 23.7 Å². The summed E-state index contributed by atoms with van der Waals surface area (Å²) in [5.41, 5.74) is 1.77. The van der Waals surface area contributed by atoms with Gasteiger partial charge in [0.1, 0.15) is 5.60 Å². The van der Waals surface area contributed by atoms with Crippen LogP contribution in [0, 0.1) is 5.92 Å². The van der Waals surface area contributed by atoms with Crippen molar-refractivity contribution >= 4 is 27.6 Å². The van der Waals surface area contributed by atoms with Gasteiger partial charge < -0.3 is 15.0 Å². The largest absolute Gasteiger partial charge is 0.444 e. The van der Waals surface area contributed by atoms with Crippen molar-refractivity contribution in [3.63, 3.8) is 0 Å². The number of carbonyl (C=O) groups is 1. The number of hydrogen-bond donors (Lipinski definition) is 1. The number of amides is 1. The molecule has 2 aromatic heterocycles. The van der Waals surface area contributed by atoms with Crippen LogP contribution in [0.1, 0.15) is 46.2 Å². The molecule has 0 saturated carbocycles. The van der Waals surface area contributed by atoms with Gasteiger partial charge >= 0.3 is 6.09 Å². The van der Waals surface area contributed by atoms with E-state index in [0.717, 1.165) is 12.1 Å². The first-order valence-electron chi connectivity index (χ1n) is 8.66. The van der Waals surface area contributed by atoms with Gasteiger partial charge in [-0.1, -0.05) is 6.92 Å². The highest BCUT2D eigenvalue weighted by molar-refractivity contribution is 7.17. The Kier molecular flexibility index (Phi) is 6.41. The van der Waals surface area contributed by atoms with E-state index in [-0.39, 0.29) is 12.1 Å². The Bertz CT molecular complexity index is 708. The van der Waals surface area contributed by atoms with Crippen LogP contribution in [0.3, 0.4) is 0 Å². The Labute approximate surface area is 154 Å². The summed E-state index contributed by atoms with van der Waals surface area (Å²) in [7, 11) is 1.78. The summed E-state index contributed by atoms with van der Waals surface area (Å²) in [5, 5.41) is 5.60. The lowest BCUT2D eigenvalue weighted by Crippen LogP contribution is -2.38. The minimum atomic E-state index is -0.464. The van der Waals surface area contributed by atoms with Crippen molar-refractivity contribution in [2.45, 2.75) is 46.3 Å². The smallest absolute Gasteiger partial charge is 0.410 e. The predicted octanol–water partition coefficient (Wildman–Crippen LogP) is 4.45. The number of thiophene rings is 1. The van der Waals surface area contributed by atoms with Gasteiger partial charge in [0, 0.05) is 25.8 Å². The van der Waals surface area contributed by atoms with Crippen molar-refractivity contribution in [1.29, 1.82) is 0 Å². The van der Waals surface area contributed by atoms with Crippen LogP contribution in [0.25, 0.3) is 10.2 Å². The molecule has 2 heterocycles. The topological polar surface area (TPSA) is 54.5 Å². The van der Waals surface area contributed by atoms with E-state index in [1.165, 1.54) is 10.3 Å². The maximum Gasteiger partial charge on any atom is 0.410 e. The third kappa shape index (κ3) is 5.97. The molecule has 0 spiro atoms. The Morgan fingerprint density at radius 2 is 2.12 bits per heavy atom. The van der Waals surface area contributed by atoms with Crippen molar-refractivity contribution in [2.24, 2.45) is 5.92 Å². The van der Waals surface area contributed by atoms with Gasteiger partial charge in [-0.3, -0.25) is 4.98 Å². The number of nitrogens with zero attached hydrogens (tertiary/aromatic N) is 2. The first kappa shape index (κ1) is 19.7. The highest BCUT2D eigenvalue weighted by Gasteiger charge is 2.21. The second-order valence-electron chi connectivity index (χ2n) is 7.67. The highest BCUT2D eigenvalue weighted by atomic mass is 32.1. The minimum absolute atomic E-state index is 0.216. The average molecular weight is 364 g/mol. The lowest BCUT2D eigenvalue weighted by atomic mass is 10.1. The zero-order valence-corrected chi connectivity index (χ0v) is 16.8. The summed E-state index contributed by atoms with van der Waals surface area (Å²) in [6, 6.07) is 4.45. The van der Waals surface area contributed by atoms with Crippen LogP contribution in [0.5, 0.6) is 0 Å². The Balaban J connectivity index is 1.82. The van der Waals surface area contributed by atoms with Gasteiger partial charge in [-0.25, -0.2) is 4.79 Å². The maximum atomic E-state index is 12.0. The summed E-state index contributed by atoms with van der Waals surface area (Å²) < 4.78 is 6.60. The zero-order valence-electron chi connectivity index (χ0n) is 16.0. The number of rotatable bonds is 6. The van der Waals surface area contributed by atoms with Crippen LogP contribution >= 0.6 is 11.3 Å². The number of fused-ring (bicyclic) bond motifs is 1. The molecule has 5 nitrogen and oxygen atoms in total. The molecular weight excluding hydrogens is 334 g/mol. The average Bonchev–Trinajstić information content (AvgIpc) is 2.98. The van der Waals surface area contributed by atoms with Crippen molar-refractivity contribution in [3.8, 4) is 0 Å². The molecule has 1 N–H and O–H groups in total. The monoisotopic (exact) mass is 363 g/mol. The highest BCUT2D eigenvalue weighted by Crippen LogP contribution is 2.22. The van der Waals surface area contributed by atoms with Crippen LogP contribution in [0.4, 0.5) is 4.79 Å². The van der Waals surface area contributed by atoms with E-state index < -0.39 is 5.60 Å². The number of aromatic nitrogens is 1. The fraction of sp³-hybridized carbons (Fsp3) is 0.579. The van der Waals surface area contributed by atoms with Gasteiger partial charge in [-0.2, -0.15) is 0 Å². The molecule has 0 fully saturated rings. The molecule has 0 aromatic carbocycles. The van der Waals surface area contributed by atoms with Gasteiger partial charge in [0.25, 0.3) is 0 Å².